The summed E-state index contributed by atoms with van der Waals surface area (Å²) in [5, 5.41) is 21.9. The molecule has 0 heterocycles. The van der Waals surface area contributed by atoms with E-state index in [0.29, 0.717) is 11.4 Å². The Bertz CT molecular complexity index is 710. The summed E-state index contributed by atoms with van der Waals surface area (Å²) in [7, 11) is 0. The number of amides is 2. The summed E-state index contributed by atoms with van der Waals surface area (Å²) in [4.78, 5) is 42.6. The molecule has 8 heteroatoms. The number of carboxylic acid groups (broad SMARTS) is 2. The van der Waals surface area contributed by atoms with E-state index < -0.39 is 11.9 Å². The number of carboxylic acids is 2. The number of hydrogen-bond acceptors (Lipinski definition) is 4. The van der Waals surface area contributed by atoms with Crippen molar-refractivity contribution in [1.29, 1.82) is 0 Å². The molecule has 0 aliphatic heterocycles. The van der Waals surface area contributed by atoms with Gasteiger partial charge < -0.3 is 20.8 Å². The van der Waals surface area contributed by atoms with Gasteiger partial charge in [-0.1, -0.05) is 36.4 Å². The first-order valence-electron chi connectivity index (χ1n) is 8.50. The summed E-state index contributed by atoms with van der Waals surface area (Å²) in [6.07, 6.45) is -0.272. The molecule has 2 aromatic rings. The van der Waals surface area contributed by atoms with Crippen LogP contribution in [0.3, 0.4) is 0 Å². The molecule has 8 nitrogen and oxygen atoms in total. The molecule has 148 valence electrons. The molecule has 0 aromatic heterocycles. The number of carbonyl (C=O) groups is 4. The maximum atomic E-state index is 11.1. The van der Waals surface area contributed by atoms with Gasteiger partial charge in [0.15, 0.2) is 0 Å². The first-order valence-corrected chi connectivity index (χ1v) is 8.50. The lowest BCUT2D eigenvalue weighted by Crippen LogP contribution is -2.12. The topological polar surface area (TPSA) is 133 Å². The van der Waals surface area contributed by atoms with Crippen molar-refractivity contribution >= 4 is 35.1 Å². The summed E-state index contributed by atoms with van der Waals surface area (Å²) < 4.78 is 0. The predicted molar refractivity (Wildman–Crippen MR) is 104 cm³/mol. The first kappa shape index (κ1) is 22.4. The van der Waals surface area contributed by atoms with Gasteiger partial charge in [0.1, 0.15) is 0 Å². The Morgan fingerprint density at radius 3 is 1.18 bits per heavy atom. The quantitative estimate of drug-likeness (QED) is 0.551. The van der Waals surface area contributed by atoms with Gasteiger partial charge in [0.25, 0.3) is 0 Å². The van der Waals surface area contributed by atoms with Crippen LogP contribution in [0.1, 0.15) is 25.7 Å². The largest absolute Gasteiger partial charge is 0.481 e. The lowest BCUT2D eigenvalue weighted by atomic mass is 10.2. The second-order valence-corrected chi connectivity index (χ2v) is 5.62. The molecule has 0 saturated heterocycles. The summed E-state index contributed by atoms with van der Waals surface area (Å²) in [5.41, 5.74) is 1.37. The number of anilines is 2. The van der Waals surface area contributed by atoms with E-state index in [1.54, 1.807) is 48.5 Å². The highest BCUT2D eigenvalue weighted by atomic mass is 16.4. The molecule has 0 radical (unpaired) electrons. The van der Waals surface area contributed by atoms with Gasteiger partial charge in [-0.05, 0) is 24.3 Å². The SMILES string of the molecule is O=C(O)CCC(=O)Nc1ccccc1.O=C(O)CCC(=O)Nc1ccccc1. The minimum absolute atomic E-state index is 0.00419. The van der Waals surface area contributed by atoms with Crippen LogP contribution in [0.4, 0.5) is 11.4 Å². The molecule has 0 atom stereocenters. The zero-order valence-corrected chi connectivity index (χ0v) is 15.1. The predicted octanol–water partition coefficient (Wildman–Crippen LogP) is 2.98. The zero-order chi connectivity index (χ0) is 20.8. The Hall–Kier alpha value is -3.68. The molecule has 0 aliphatic rings. The molecule has 0 bridgehead atoms. The normalized spacial score (nSPS) is 9.43. The molecule has 2 amide bonds. The van der Waals surface area contributed by atoms with Crippen molar-refractivity contribution in [3.63, 3.8) is 0 Å². The highest BCUT2D eigenvalue weighted by Gasteiger charge is 2.05. The van der Waals surface area contributed by atoms with E-state index in [2.05, 4.69) is 10.6 Å². The van der Waals surface area contributed by atoms with Gasteiger partial charge in [-0.3, -0.25) is 19.2 Å². The smallest absolute Gasteiger partial charge is 0.303 e. The lowest BCUT2D eigenvalue weighted by Gasteiger charge is -2.02. The molecule has 0 aliphatic carbocycles. The molecule has 4 N–H and O–H groups in total. The molecule has 0 spiro atoms. The van der Waals surface area contributed by atoms with Crippen LogP contribution < -0.4 is 10.6 Å². The van der Waals surface area contributed by atoms with E-state index >= 15 is 0 Å². The van der Waals surface area contributed by atoms with Crippen molar-refractivity contribution < 1.29 is 29.4 Å². The average Bonchev–Trinajstić information content (AvgIpc) is 2.67. The fourth-order valence-corrected chi connectivity index (χ4v) is 1.93. The number of aliphatic carboxylic acids is 2. The molecular weight excluding hydrogens is 364 g/mol. The van der Waals surface area contributed by atoms with Crippen LogP contribution in [0.5, 0.6) is 0 Å². The van der Waals surface area contributed by atoms with E-state index in [1.165, 1.54) is 0 Å². The third-order valence-corrected chi connectivity index (χ3v) is 3.25. The molecule has 2 rings (SSSR count). The van der Waals surface area contributed by atoms with E-state index in [4.69, 9.17) is 10.2 Å². The lowest BCUT2D eigenvalue weighted by molar-refractivity contribution is -0.138. The van der Waals surface area contributed by atoms with Crippen molar-refractivity contribution in [1.82, 2.24) is 0 Å². The second kappa shape index (κ2) is 12.6. The van der Waals surface area contributed by atoms with Crippen LogP contribution >= 0.6 is 0 Å². The number of benzene rings is 2. The van der Waals surface area contributed by atoms with Crippen molar-refractivity contribution in [3.05, 3.63) is 60.7 Å². The van der Waals surface area contributed by atoms with Crippen LogP contribution in [0.2, 0.25) is 0 Å². The number of nitrogens with one attached hydrogen (secondary N) is 2. The fraction of sp³-hybridized carbons (Fsp3) is 0.200. The Balaban J connectivity index is 0.000000280. The summed E-state index contributed by atoms with van der Waals surface area (Å²) in [6.45, 7) is 0. The van der Waals surface area contributed by atoms with Crippen LogP contribution in [0.25, 0.3) is 0 Å². The van der Waals surface area contributed by atoms with Gasteiger partial charge >= 0.3 is 11.9 Å². The Kier molecular flexibility index (Phi) is 10.1. The van der Waals surface area contributed by atoms with Crippen LogP contribution in [-0.2, 0) is 19.2 Å². The Morgan fingerprint density at radius 2 is 0.893 bits per heavy atom. The van der Waals surface area contributed by atoms with E-state index in [0.717, 1.165) is 0 Å². The number of para-hydroxylation sites is 2. The third-order valence-electron chi connectivity index (χ3n) is 3.25. The molecule has 2 aromatic carbocycles. The van der Waals surface area contributed by atoms with Gasteiger partial charge in [-0.2, -0.15) is 0 Å². The molecule has 0 fully saturated rings. The minimum Gasteiger partial charge on any atom is -0.481 e. The maximum Gasteiger partial charge on any atom is 0.303 e. The number of hydrogen-bond donors (Lipinski definition) is 4. The van der Waals surface area contributed by atoms with Gasteiger partial charge in [0, 0.05) is 24.2 Å². The van der Waals surface area contributed by atoms with E-state index in [-0.39, 0.29) is 37.5 Å². The molecule has 28 heavy (non-hydrogen) atoms. The monoisotopic (exact) mass is 386 g/mol. The fourth-order valence-electron chi connectivity index (χ4n) is 1.93. The Labute approximate surface area is 162 Å². The summed E-state index contributed by atoms with van der Waals surface area (Å²) in [6, 6.07) is 17.9. The highest BCUT2D eigenvalue weighted by molar-refractivity contribution is 5.92. The van der Waals surface area contributed by atoms with Gasteiger partial charge in [-0.15, -0.1) is 0 Å². The van der Waals surface area contributed by atoms with Crippen molar-refractivity contribution in [2.24, 2.45) is 0 Å². The standard InChI is InChI=1S/2C10H11NO3/c2*12-9(6-7-10(13)14)11-8-4-2-1-3-5-8/h2*1-5H,6-7H2,(H,11,12)(H,13,14). The van der Waals surface area contributed by atoms with Crippen LogP contribution in [0.15, 0.2) is 60.7 Å². The van der Waals surface area contributed by atoms with Gasteiger partial charge in [-0.25, -0.2) is 0 Å². The van der Waals surface area contributed by atoms with E-state index in [1.807, 2.05) is 12.1 Å². The third kappa shape index (κ3) is 11.0. The maximum absolute atomic E-state index is 11.1. The first-order chi connectivity index (χ1) is 13.4. The van der Waals surface area contributed by atoms with Crippen molar-refractivity contribution in [3.8, 4) is 0 Å². The van der Waals surface area contributed by atoms with Crippen molar-refractivity contribution in [2.75, 3.05) is 10.6 Å². The number of rotatable bonds is 8. The van der Waals surface area contributed by atoms with Gasteiger partial charge in [0.05, 0.1) is 12.8 Å². The molecule has 0 unspecified atom stereocenters. The average molecular weight is 386 g/mol. The second-order valence-electron chi connectivity index (χ2n) is 5.62. The van der Waals surface area contributed by atoms with Crippen LogP contribution in [-0.4, -0.2) is 34.0 Å². The minimum atomic E-state index is -0.965. The van der Waals surface area contributed by atoms with Gasteiger partial charge in [0.2, 0.25) is 11.8 Å². The number of carbonyl (C=O) groups excluding carboxylic acids is 2. The van der Waals surface area contributed by atoms with E-state index in [9.17, 15) is 19.2 Å². The summed E-state index contributed by atoms with van der Waals surface area (Å²) in [5.74, 6) is -2.49. The van der Waals surface area contributed by atoms with Crippen molar-refractivity contribution in [2.45, 2.75) is 25.7 Å². The molecule has 0 saturated carbocycles. The Morgan fingerprint density at radius 1 is 0.571 bits per heavy atom. The molecular formula is C20H22N2O6. The van der Waals surface area contributed by atoms with Crippen LogP contribution in [0, 0.1) is 0 Å². The summed E-state index contributed by atoms with van der Waals surface area (Å²) >= 11 is 0. The zero-order valence-electron chi connectivity index (χ0n) is 15.1. The highest BCUT2D eigenvalue weighted by Crippen LogP contribution is 2.06.